The smallest absolute Gasteiger partial charge is 0.334 e. The summed E-state index contributed by atoms with van der Waals surface area (Å²) in [6.45, 7) is -0.819. The molecule has 1 aromatic carbocycles. The van der Waals surface area contributed by atoms with Crippen molar-refractivity contribution in [3.8, 4) is 0 Å². The molecule has 132 valence electrons. The molecule has 1 aromatic heterocycles. The number of hydrogen-bond donors (Lipinski definition) is 0. The summed E-state index contributed by atoms with van der Waals surface area (Å²) < 4.78 is 53.2. The number of rotatable bonds is 2. The van der Waals surface area contributed by atoms with E-state index in [2.05, 4.69) is 10.1 Å². The van der Waals surface area contributed by atoms with Crippen molar-refractivity contribution in [2.45, 2.75) is 24.8 Å². The molecule has 0 bridgehead atoms. The van der Waals surface area contributed by atoms with Gasteiger partial charge in [-0.05, 0) is 5.56 Å². The number of alkyl halides is 4. The van der Waals surface area contributed by atoms with E-state index in [1.807, 2.05) is 30.3 Å². The first kappa shape index (κ1) is 16.0. The number of hydrogen-bond acceptors (Lipinski definition) is 3. The van der Waals surface area contributed by atoms with Crippen molar-refractivity contribution in [3.63, 3.8) is 0 Å². The van der Waals surface area contributed by atoms with Crippen molar-refractivity contribution in [2.75, 3.05) is 13.1 Å². The van der Waals surface area contributed by atoms with Crippen LogP contribution in [0, 0.1) is 5.92 Å². The average Bonchev–Trinajstić information content (AvgIpc) is 3.06. The zero-order chi connectivity index (χ0) is 17.8. The van der Waals surface area contributed by atoms with Crippen LogP contribution in [0.3, 0.4) is 0 Å². The summed E-state index contributed by atoms with van der Waals surface area (Å²) >= 11 is 0. The zero-order valence-electron chi connectivity index (χ0n) is 12.9. The topological polar surface area (TPSA) is 51.0 Å². The summed E-state index contributed by atoms with van der Waals surface area (Å²) in [6, 6.07) is 8.77. The van der Waals surface area contributed by atoms with Crippen LogP contribution >= 0.6 is 0 Å². The predicted molar refractivity (Wildman–Crippen MR) is 78.5 cm³/mol. The van der Waals surface area contributed by atoms with Gasteiger partial charge in [-0.25, -0.2) is 14.1 Å². The van der Waals surface area contributed by atoms with E-state index in [0.29, 0.717) is 0 Å². The Bertz CT molecular complexity index is 798. The first-order chi connectivity index (χ1) is 11.8. The molecule has 0 N–H and O–H groups in total. The molecule has 0 radical (unpaired) electrons. The van der Waals surface area contributed by atoms with Crippen LogP contribution in [0.15, 0.2) is 30.3 Å². The highest BCUT2D eigenvalue weighted by atomic mass is 19.4. The van der Waals surface area contributed by atoms with Gasteiger partial charge in [0.25, 0.3) is 5.91 Å². The van der Waals surface area contributed by atoms with Gasteiger partial charge < -0.3 is 4.90 Å². The molecule has 5 nitrogen and oxygen atoms in total. The number of likely N-dealkylation sites (tertiary alicyclic amines) is 1. The Morgan fingerprint density at radius 2 is 1.84 bits per heavy atom. The molecule has 2 aromatic rings. The highest BCUT2D eigenvalue weighted by molar-refractivity contribution is 5.91. The van der Waals surface area contributed by atoms with E-state index in [1.165, 1.54) is 4.68 Å². The fourth-order valence-electron chi connectivity index (χ4n) is 3.22. The SMILES string of the molecule is O=C(c1nc2n(n1)C(c1ccccc1)CC2F)N1CC(C(F)(F)F)C1. The van der Waals surface area contributed by atoms with Gasteiger partial charge in [-0.2, -0.15) is 13.2 Å². The van der Waals surface area contributed by atoms with Crippen LogP contribution in [-0.4, -0.2) is 44.8 Å². The van der Waals surface area contributed by atoms with Crippen LogP contribution in [-0.2, 0) is 0 Å². The molecular weight excluding hydrogens is 340 g/mol. The van der Waals surface area contributed by atoms with Crippen molar-refractivity contribution >= 4 is 5.91 Å². The Morgan fingerprint density at radius 1 is 1.16 bits per heavy atom. The second-order valence-corrected chi connectivity index (χ2v) is 6.32. The lowest BCUT2D eigenvalue weighted by Crippen LogP contribution is -2.55. The van der Waals surface area contributed by atoms with E-state index in [9.17, 15) is 22.4 Å². The van der Waals surface area contributed by atoms with Gasteiger partial charge in [0.1, 0.15) is 0 Å². The first-order valence-electron chi connectivity index (χ1n) is 7.86. The van der Waals surface area contributed by atoms with Crippen LogP contribution < -0.4 is 0 Å². The van der Waals surface area contributed by atoms with Crippen molar-refractivity contribution in [2.24, 2.45) is 5.92 Å². The van der Waals surface area contributed by atoms with Gasteiger partial charge in [0, 0.05) is 19.5 Å². The quantitative estimate of drug-likeness (QED) is 0.780. The average molecular weight is 354 g/mol. The second kappa shape index (κ2) is 5.53. The van der Waals surface area contributed by atoms with Crippen LogP contribution in [0.25, 0.3) is 0 Å². The molecule has 2 unspecified atom stereocenters. The van der Waals surface area contributed by atoms with Crippen molar-refractivity contribution < 1.29 is 22.4 Å². The molecule has 25 heavy (non-hydrogen) atoms. The molecule has 3 heterocycles. The number of carbonyl (C=O) groups excluding carboxylic acids is 1. The fourth-order valence-corrected chi connectivity index (χ4v) is 3.22. The summed E-state index contributed by atoms with van der Waals surface area (Å²) in [6.07, 6.45) is -5.51. The van der Waals surface area contributed by atoms with Gasteiger partial charge in [0.05, 0.1) is 12.0 Å². The Labute approximate surface area is 140 Å². The maximum atomic E-state index is 14.2. The Hall–Kier alpha value is -2.45. The van der Waals surface area contributed by atoms with E-state index in [0.717, 1.165) is 10.5 Å². The maximum Gasteiger partial charge on any atom is 0.395 e. The lowest BCUT2D eigenvalue weighted by molar-refractivity contribution is -0.202. The Morgan fingerprint density at radius 3 is 2.48 bits per heavy atom. The number of fused-ring (bicyclic) bond motifs is 1. The fraction of sp³-hybridized carbons (Fsp3) is 0.438. The molecule has 2 aliphatic rings. The van der Waals surface area contributed by atoms with Crippen LogP contribution in [0.2, 0.25) is 0 Å². The summed E-state index contributed by atoms with van der Waals surface area (Å²) in [5, 5.41) is 4.08. The first-order valence-corrected chi connectivity index (χ1v) is 7.86. The minimum absolute atomic E-state index is 0.0464. The lowest BCUT2D eigenvalue weighted by Gasteiger charge is -2.39. The summed E-state index contributed by atoms with van der Waals surface area (Å²) in [5.41, 5.74) is 0.842. The highest BCUT2D eigenvalue weighted by Gasteiger charge is 2.49. The maximum absolute atomic E-state index is 14.2. The van der Waals surface area contributed by atoms with Crippen molar-refractivity contribution in [3.05, 3.63) is 47.5 Å². The largest absolute Gasteiger partial charge is 0.395 e. The Balaban J connectivity index is 1.55. The third kappa shape index (κ3) is 2.67. The molecular formula is C16H14F4N4O. The van der Waals surface area contributed by atoms with E-state index >= 15 is 0 Å². The molecule has 1 saturated heterocycles. The minimum atomic E-state index is -4.32. The van der Waals surface area contributed by atoms with E-state index in [1.54, 1.807) is 0 Å². The lowest BCUT2D eigenvalue weighted by atomic mass is 9.99. The van der Waals surface area contributed by atoms with Gasteiger partial charge in [-0.3, -0.25) is 4.79 Å². The van der Waals surface area contributed by atoms with E-state index in [-0.39, 0.29) is 24.1 Å². The summed E-state index contributed by atoms with van der Waals surface area (Å²) in [4.78, 5) is 17.2. The number of nitrogens with zero attached hydrogens (tertiary/aromatic N) is 4. The highest BCUT2D eigenvalue weighted by Crippen LogP contribution is 2.39. The third-order valence-electron chi connectivity index (χ3n) is 4.67. The summed E-state index contributed by atoms with van der Waals surface area (Å²) in [5.74, 6) is -2.41. The van der Waals surface area contributed by atoms with Gasteiger partial charge in [-0.1, -0.05) is 30.3 Å². The van der Waals surface area contributed by atoms with Gasteiger partial charge in [-0.15, -0.1) is 5.10 Å². The van der Waals surface area contributed by atoms with Gasteiger partial charge in [0.15, 0.2) is 12.0 Å². The molecule has 1 amide bonds. The molecule has 2 atom stereocenters. The van der Waals surface area contributed by atoms with Crippen LogP contribution in [0.5, 0.6) is 0 Å². The predicted octanol–water partition coefficient (Wildman–Crippen LogP) is 2.92. The molecule has 0 saturated carbocycles. The zero-order valence-corrected chi connectivity index (χ0v) is 12.9. The van der Waals surface area contributed by atoms with Crippen molar-refractivity contribution in [1.29, 1.82) is 0 Å². The molecule has 1 fully saturated rings. The number of aromatic nitrogens is 3. The van der Waals surface area contributed by atoms with Gasteiger partial charge >= 0.3 is 6.18 Å². The molecule has 9 heteroatoms. The van der Waals surface area contributed by atoms with Gasteiger partial charge in [0.2, 0.25) is 5.82 Å². The second-order valence-electron chi connectivity index (χ2n) is 6.32. The molecule has 4 rings (SSSR count). The normalized spacial score (nSPS) is 23.4. The number of amides is 1. The summed E-state index contributed by atoms with van der Waals surface area (Å²) in [7, 11) is 0. The number of halogens is 4. The molecule has 0 spiro atoms. The van der Waals surface area contributed by atoms with Crippen LogP contribution in [0.4, 0.5) is 17.6 Å². The third-order valence-corrected chi connectivity index (χ3v) is 4.67. The van der Waals surface area contributed by atoms with Crippen molar-refractivity contribution in [1.82, 2.24) is 19.7 Å². The van der Waals surface area contributed by atoms with E-state index in [4.69, 9.17) is 0 Å². The van der Waals surface area contributed by atoms with E-state index < -0.39 is 37.3 Å². The molecule has 0 aliphatic carbocycles. The Kier molecular flexibility index (Phi) is 3.55. The van der Waals surface area contributed by atoms with Crippen LogP contribution in [0.1, 0.15) is 40.6 Å². The molecule has 2 aliphatic heterocycles. The minimum Gasteiger partial charge on any atom is -0.334 e. The standard InChI is InChI=1S/C16H14F4N4O/c17-11-6-12(9-4-2-1-3-5-9)24-14(11)21-13(22-24)15(25)23-7-10(8-23)16(18,19)20/h1-5,10-12H,6-8H2. The number of carbonyl (C=O) groups is 1. The number of benzene rings is 1. The monoisotopic (exact) mass is 354 g/mol.